The summed E-state index contributed by atoms with van der Waals surface area (Å²) in [5.41, 5.74) is 1.94. The molecule has 0 aliphatic rings. The Kier molecular flexibility index (Phi) is 5.32. The molecule has 0 amide bonds. The lowest BCUT2D eigenvalue weighted by Gasteiger charge is -2.06. The summed E-state index contributed by atoms with van der Waals surface area (Å²) in [6.07, 6.45) is 3.48. The number of benzene rings is 2. The average Bonchev–Trinajstić information content (AvgIpc) is 2.53. The Morgan fingerprint density at radius 3 is 2.33 bits per heavy atom. The summed E-state index contributed by atoms with van der Waals surface area (Å²) in [5.74, 6) is 0. The van der Waals surface area contributed by atoms with Gasteiger partial charge in [-0.05, 0) is 41.0 Å². The van der Waals surface area contributed by atoms with E-state index >= 15 is 0 Å². The number of hydrogen-bond donors (Lipinski definition) is 0. The standard InChI is InChI=1S/C18H18N2O/c1-2-3-4-7-21-13-14-5-6-15-9-17(11-19)18(12-20)10-16(15)8-14/h5-6,8-10H,2-4,7,13H2,1H3. The zero-order valence-corrected chi connectivity index (χ0v) is 12.2. The molecule has 0 bridgehead atoms. The van der Waals surface area contributed by atoms with E-state index in [0.717, 1.165) is 29.4 Å². The van der Waals surface area contributed by atoms with Crippen molar-refractivity contribution in [1.29, 1.82) is 10.5 Å². The van der Waals surface area contributed by atoms with E-state index in [1.807, 2.05) is 18.2 Å². The molecule has 0 N–H and O–H groups in total. The first-order valence-corrected chi connectivity index (χ1v) is 7.23. The van der Waals surface area contributed by atoms with Gasteiger partial charge in [0.15, 0.2) is 0 Å². The Labute approximate surface area is 125 Å². The summed E-state index contributed by atoms with van der Waals surface area (Å²) in [4.78, 5) is 0. The second-order valence-electron chi connectivity index (χ2n) is 5.06. The van der Waals surface area contributed by atoms with Crippen LogP contribution in [0.5, 0.6) is 0 Å². The Hall–Kier alpha value is -2.36. The smallest absolute Gasteiger partial charge is 0.101 e. The molecule has 0 radical (unpaired) electrons. The Morgan fingerprint density at radius 1 is 0.952 bits per heavy atom. The van der Waals surface area contributed by atoms with Gasteiger partial charge >= 0.3 is 0 Å². The molecule has 2 aromatic rings. The van der Waals surface area contributed by atoms with E-state index in [0.29, 0.717) is 17.7 Å². The molecule has 2 aromatic carbocycles. The Bertz CT molecular complexity index is 707. The van der Waals surface area contributed by atoms with Crippen molar-refractivity contribution in [2.24, 2.45) is 0 Å². The molecule has 0 fully saturated rings. The third kappa shape index (κ3) is 3.81. The highest BCUT2D eigenvalue weighted by atomic mass is 16.5. The van der Waals surface area contributed by atoms with E-state index in [-0.39, 0.29) is 0 Å². The molecule has 2 rings (SSSR count). The maximum absolute atomic E-state index is 9.08. The van der Waals surface area contributed by atoms with Crippen molar-refractivity contribution < 1.29 is 4.74 Å². The quantitative estimate of drug-likeness (QED) is 0.740. The molecular formula is C18H18N2O. The molecule has 0 aliphatic carbocycles. The molecule has 3 nitrogen and oxygen atoms in total. The van der Waals surface area contributed by atoms with Crippen molar-refractivity contribution in [3.05, 3.63) is 47.0 Å². The van der Waals surface area contributed by atoms with Crippen molar-refractivity contribution in [2.75, 3.05) is 6.61 Å². The van der Waals surface area contributed by atoms with Crippen LogP contribution in [-0.4, -0.2) is 6.61 Å². The summed E-state index contributed by atoms with van der Waals surface area (Å²) in [6, 6.07) is 13.7. The molecule has 106 valence electrons. The van der Waals surface area contributed by atoms with Gasteiger partial charge in [-0.3, -0.25) is 0 Å². The summed E-state index contributed by atoms with van der Waals surface area (Å²) >= 11 is 0. The molecule has 0 unspecified atom stereocenters. The van der Waals surface area contributed by atoms with Crippen LogP contribution in [0.25, 0.3) is 10.8 Å². The van der Waals surface area contributed by atoms with E-state index in [9.17, 15) is 0 Å². The molecule has 0 heterocycles. The lowest BCUT2D eigenvalue weighted by molar-refractivity contribution is 0.117. The fourth-order valence-corrected chi connectivity index (χ4v) is 2.27. The van der Waals surface area contributed by atoms with Crippen LogP contribution < -0.4 is 0 Å². The van der Waals surface area contributed by atoms with Crippen molar-refractivity contribution in [3.63, 3.8) is 0 Å². The monoisotopic (exact) mass is 278 g/mol. The summed E-state index contributed by atoms with van der Waals surface area (Å²) < 4.78 is 5.65. The SMILES string of the molecule is CCCCCOCc1ccc2cc(C#N)c(C#N)cc2c1. The minimum Gasteiger partial charge on any atom is -0.377 e. The van der Waals surface area contributed by atoms with E-state index in [2.05, 4.69) is 19.1 Å². The number of nitrogens with zero attached hydrogens (tertiary/aromatic N) is 2. The van der Waals surface area contributed by atoms with E-state index in [1.165, 1.54) is 12.8 Å². The molecule has 0 spiro atoms. The highest BCUT2D eigenvalue weighted by Gasteiger charge is 2.05. The van der Waals surface area contributed by atoms with Gasteiger partial charge in [-0.1, -0.05) is 31.9 Å². The predicted molar refractivity (Wildman–Crippen MR) is 82.6 cm³/mol. The molecule has 3 heteroatoms. The van der Waals surface area contributed by atoms with Gasteiger partial charge in [-0.25, -0.2) is 0 Å². The lowest BCUT2D eigenvalue weighted by Crippen LogP contribution is -1.95. The van der Waals surface area contributed by atoms with Gasteiger partial charge in [0.25, 0.3) is 0 Å². The Morgan fingerprint density at radius 2 is 1.67 bits per heavy atom. The molecule has 0 atom stereocenters. The van der Waals surface area contributed by atoms with Crippen molar-refractivity contribution >= 4 is 10.8 Å². The van der Waals surface area contributed by atoms with Crippen molar-refractivity contribution in [3.8, 4) is 12.1 Å². The first-order chi connectivity index (χ1) is 10.3. The van der Waals surface area contributed by atoms with E-state index in [1.54, 1.807) is 12.1 Å². The zero-order chi connectivity index (χ0) is 15.1. The highest BCUT2D eigenvalue weighted by Crippen LogP contribution is 2.21. The fraction of sp³-hybridized carbons (Fsp3) is 0.333. The molecule has 0 aliphatic heterocycles. The van der Waals surface area contributed by atoms with Gasteiger partial charge in [-0.15, -0.1) is 0 Å². The van der Waals surface area contributed by atoms with E-state index < -0.39 is 0 Å². The summed E-state index contributed by atoms with van der Waals surface area (Å²) in [6.45, 7) is 3.54. The van der Waals surface area contributed by atoms with Crippen LogP contribution in [0.1, 0.15) is 42.9 Å². The van der Waals surface area contributed by atoms with Crippen LogP contribution in [0, 0.1) is 22.7 Å². The zero-order valence-electron chi connectivity index (χ0n) is 12.2. The summed E-state index contributed by atoms with van der Waals surface area (Å²) in [5, 5.41) is 20.1. The number of nitriles is 2. The molecule has 0 saturated heterocycles. The van der Waals surface area contributed by atoms with Gasteiger partial charge in [-0.2, -0.15) is 10.5 Å². The van der Waals surface area contributed by atoms with Gasteiger partial charge in [0.1, 0.15) is 12.1 Å². The fourth-order valence-electron chi connectivity index (χ4n) is 2.27. The molecule has 21 heavy (non-hydrogen) atoms. The van der Waals surface area contributed by atoms with Crippen LogP contribution in [0.3, 0.4) is 0 Å². The van der Waals surface area contributed by atoms with Gasteiger partial charge in [0, 0.05) is 6.61 Å². The minimum absolute atomic E-state index is 0.422. The Balaban J connectivity index is 2.14. The van der Waals surface area contributed by atoms with Crippen molar-refractivity contribution in [2.45, 2.75) is 32.8 Å². The average molecular weight is 278 g/mol. The van der Waals surface area contributed by atoms with Crippen LogP contribution in [0.2, 0.25) is 0 Å². The van der Waals surface area contributed by atoms with Gasteiger partial charge in [0.2, 0.25) is 0 Å². The largest absolute Gasteiger partial charge is 0.377 e. The predicted octanol–water partition coefficient (Wildman–Crippen LogP) is 4.29. The highest BCUT2D eigenvalue weighted by molar-refractivity contribution is 5.86. The second kappa shape index (κ2) is 7.43. The topological polar surface area (TPSA) is 56.8 Å². The number of rotatable bonds is 6. The molecule has 0 aromatic heterocycles. The van der Waals surface area contributed by atoms with Crippen LogP contribution in [0.4, 0.5) is 0 Å². The van der Waals surface area contributed by atoms with E-state index in [4.69, 9.17) is 15.3 Å². The number of unbranched alkanes of at least 4 members (excludes halogenated alkanes) is 2. The normalized spacial score (nSPS) is 10.2. The summed E-state index contributed by atoms with van der Waals surface area (Å²) in [7, 11) is 0. The van der Waals surface area contributed by atoms with Crippen molar-refractivity contribution in [1.82, 2.24) is 0 Å². The third-order valence-corrected chi connectivity index (χ3v) is 3.44. The van der Waals surface area contributed by atoms with Crippen LogP contribution in [0.15, 0.2) is 30.3 Å². The minimum atomic E-state index is 0.422. The van der Waals surface area contributed by atoms with Gasteiger partial charge < -0.3 is 4.74 Å². The maximum atomic E-state index is 9.08. The first kappa shape index (κ1) is 15.0. The number of hydrogen-bond acceptors (Lipinski definition) is 3. The number of ether oxygens (including phenoxy) is 1. The number of fused-ring (bicyclic) bond motifs is 1. The molecule has 0 saturated carbocycles. The second-order valence-corrected chi connectivity index (χ2v) is 5.06. The molecular weight excluding hydrogens is 260 g/mol. The third-order valence-electron chi connectivity index (χ3n) is 3.44. The lowest BCUT2D eigenvalue weighted by atomic mass is 10.0. The van der Waals surface area contributed by atoms with Crippen LogP contribution in [-0.2, 0) is 11.3 Å². The maximum Gasteiger partial charge on any atom is 0.101 e. The van der Waals surface area contributed by atoms with Gasteiger partial charge in [0.05, 0.1) is 17.7 Å². The first-order valence-electron chi connectivity index (χ1n) is 7.23. The van der Waals surface area contributed by atoms with Crippen LogP contribution >= 0.6 is 0 Å².